The average molecular weight is 230 g/mol. The average Bonchev–Trinajstić information content (AvgIpc) is 2.76. The third kappa shape index (κ3) is 3.00. The highest BCUT2D eigenvalue weighted by Gasteiger charge is 2.26. The van der Waals surface area contributed by atoms with Crippen LogP contribution in [0.25, 0.3) is 0 Å². The van der Waals surface area contributed by atoms with E-state index in [9.17, 15) is 8.42 Å². The van der Waals surface area contributed by atoms with E-state index in [0.717, 1.165) is 25.2 Å². The number of nitrogens with one attached hydrogen (secondary N) is 2. The smallest absolute Gasteiger partial charge is 0.151 e. The molecule has 0 spiro atoms. The van der Waals surface area contributed by atoms with Crippen molar-refractivity contribution >= 4 is 9.84 Å². The largest absolute Gasteiger partial charge is 0.312 e. The summed E-state index contributed by atoms with van der Waals surface area (Å²) in [5, 5.41) is 9.70. The van der Waals surface area contributed by atoms with Gasteiger partial charge in [0, 0.05) is 19.0 Å². The van der Waals surface area contributed by atoms with Crippen molar-refractivity contribution in [3.8, 4) is 0 Å². The molecule has 1 aromatic rings. The van der Waals surface area contributed by atoms with Crippen molar-refractivity contribution < 1.29 is 8.42 Å². The van der Waals surface area contributed by atoms with Crippen LogP contribution in [-0.4, -0.2) is 47.7 Å². The molecule has 1 aromatic heterocycles. The number of aromatic nitrogens is 3. The van der Waals surface area contributed by atoms with Gasteiger partial charge in [-0.15, -0.1) is 0 Å². The fraction of sp³-hybridized carbons (Fsp3) is 0.750. The van der Waals surface area contributed by atoms with Gasteiger partial charge in [-0.05, 0) is 6.42 Å². The van der Waals surface area contributed by atoms with E-state index in [1.807, 2.05) is 0 Å². The van der Waals surface area contributed by atoms with Gasteiger partial charge in [-0.25, -0.2) is 13.4 Å². The zero-order valence-corrected chi connectivity index (χ0v) is 9.13. The summed E-state index contributed by atoms with van der Waals surface area (Å²) in [7, 11) is -2.78. The van der Waals surface area contributed by atoms with E-state index < -0.39 is 9.84 Å². The second-order valence-corrected chi connectivity index (χ2v) is 5.96. The summed E-state index contributed by atoms with van der Waals surface area (Å²) in [4.78, 5) is 3.98. The number of H-pyrrole nitrogens is 1. The predicted molar refractivity (Wildman–Crippen MR) is 55.1 cm³/mol. The van der Waals surface area contributed by atoms with E-state index in [4.69, 9.17) is 0 Å². The van der Waals surface area contributed by atoms with Crippen molar-refractivity contribution in [3.63, 3.8) is 0 Å². The van der Waals surface area contributed by atoms with Crippen molar-refractivity contribution in [3.05, 3.63) is 12.2 Å². The molecule has 1 unspecified atom stereocenters. The minimum absolute atomic E-state index is 0.109. The minimum atomic E-state index is -2.78. The molecule has 84 valence electrons. The summed E-state index contributed by atoms with van der Waals surface area (Å²) in [5.41, 5.74) is 0. The third-order valence-electron chi connectivity index (χ3n) is 2.49. The first kappa shape index (κ1) is 10.6. The van der Waals surface area contributed by atoms with E-state index in [1.165, 1.54) is 6.33 Å². The standard InChI is InChI=1S/C8H14N4O2S/c13-15(14)4-2-7(5-15)9-3-1-8-10-6-11-12-8/h6-7,9H,1-5H2,(H,10,11,12). The monoisotopic (exact) mass is 230 g/mol. The Morgan fingerprint density at radius 3 is 3.07 bits per heavy atom. The van der Waals surface area contributed by atoms with E-state index >= 15 is 0 Å². The molecular weight excluding hydrogens is 216 g/mol. The first-order chi connectivity index (χ1) is 7.16. The maximum atomic E-state index is 11.2. The van der Waals surface area contributed by atoms with Crippen molar-refractivity contribution in [2.75, 3.05) is 18.1 Å². The molecule has 7 heteroatoms. The number of rotatable bonds is 4. The van der Waals surface area contributed by atoms with Crippen LogP contribution >= 0.6 is 0 Å². The van der Waals surface area contributed by atoms with Crippen LogP contribution in [0.1, 0.15) is 12.2 Å². The zero-order chi connectivity index (χ0) is 10.7. The number of aromatic amines is 1. The molecule has 1 saturated heterocycles. The molecule has 2 N–H and O–H groups in total. The van der Waals surface area contributed by atoms with E-state index in [-0.39, 0.29) is 11.8 Å². The highest BCUT2D eigenvalue weighted by Crippen LogP contribution is 2.10. The number of hydrogen-bond acceptors (Lipinski definition) is 5. The Kier molecular flexibility index (Phi) is 3.01. The maximum Gasteiger partial charge on any atom is 0.151 e. The number of sulfone groups is 1. The second-order valence-electron chi connectivity index (χ2n) is 3.74. The lowest BCUT2D eigenvalue weighted by atomic mass is 10.2. The summed E-state index contributed by atoms with van der Waals surface area (Å²) < 4.78 is 22.3. The lowest BCUT2D eigenvalue weighted by Gasteiger charge is -2.08. The summed E-state index contributed by atoms with van der Waals surface area (Å²) in [6.45, 7) is 0.732. The Morgan fingerprint density at radius 1 is 1.60 bits per heavy atom. The molecule has 0 aliphatic carbocycles. The molecule has 0 aromatic carbocycles. The van der Waals surface area contributed by atoms with Crippen molar-refractivity contribution in [2.24, 2.45) is 0 Å². The van der Waals surface area contributed by atoms with Crippen molar-refractivity contribution in [1.29, 1.82) is 0 Å². The first-order valence-corrected chi connectivity index (χ1v) is 6.76. The van der Waals surface area contributed by atoms with Gasteiger partial charge >= 0.3 is 0 Å². The van der Waals surface area contributed by atoms with Crippen LogP contribution in [-0.2, 0) is 16.3 Å². The molecule has 1 aliphatic heterocycles. The van der Waals surface area contributed by atoms with Crippen molar-refractivity contribution in [2.45, 2.75) is 18.9 Å². The summed E-state index contributed by atoms with van der Waals surface area (Å²) in [6.07, 6.45) is 2.94. The zero-order valence-electron chi connectivity index (χ0n) is 8.31. The van der Waals surface area contributed by atoms with Gasteiger partial charge in [0.2, 0.25) is 0 Å². The molecule has 0 radical (unpaired) electrons. The predicted octanol–water partition coefficient (Wildman–Crippen LogP) is -0.876. The summed E-state index contributed by atoms with van der Waals surface area (Å²) >= 11 is 0. The van der Waals surface area contributed by atoms with Gasteiger partial charge < -0.3 is 5.32 Å². The Hall–Kier alpha value is -0.950. The highest BCUT2D eigenvalue weighted by atomic mass is 32.2. The number of hydrogen-bond donors (Lipinski definition) is 2. The van der Waals surface area contributed by atoms with Crippen molar-refractivity contribution in [1.82, 2.24) is 20.5 Å². The lowest BCUT2D eigenvalue weighted by molar-refractivity contribution is 0.552. The Labute approximate surface area is 88.4 Å². The Bertz CT molecular complexity index is 400. The SMILES string of the molecule is O=S1(=O)CCC(NCCc2ncn[nH]2)C1. The third-order valence-corrected chi connectivity index (χ3v) is 4.26. The molecule has 15 heavy (non-hydrogen) atoms. The van der Waals surface area contributed by atoms with E-state index in [2.05, 4.69) is 20.5 Å². The van der Waals surface area contributed by atoms with E-state index in [0.29, 0.717) is 5.75 Å². The summed E-state index contributed by atoms with van der Waals surface area (Å²) in [6, 6.07) is 0.109. The molecule has 0 amide bonds. The van der Waals surface area contributed by atoms with Crippen LogP contribution < -0.4 is 5.32 Å². The molecule has 1 atom stereocenters. The van der Waals surface area contributed by atoms with Gasteiger partial charge in [-0.1, -0.05) is 0 Å². The Morgan fingerprint density at radius 2 is 2.47 bits per heavy atom. The fourth-order valence-electron chi connectivity index (χ4n) is 1.70. The lowest BCUT2D eigenvalue weighted by Crippen LogP contribution is -2.31. The highest BCUT2D eigenvalue weighted by molar-refractivity contribution is 7.91. The second kappa shape index (κ2) is 4.28. The normalized spacial score (nSPS) is 24.4. The van der Waals surface area contributed by atoms with E-state index in [1.54, 1.807) is 0 Å². The van der Waals surface area contributed by atoms with Crippen LogP contribution in [0.4, 0.5) is 0 Å². The summed E-state index contributed by atoms with van der Waals surface area (Å²) in [5.74, 6) is 1.40. The molecule has 1 fully saturated rings. The van der Waals surface area contributed by atoms with Crippen LogP contribution in [0.2, 0.25) is 0 Å². The van der Waals surface area contributed by atoms with Crippen LogP contribution in [0.15, 0.2) is 6.33 Å². The fourth-order valence-corrected chi connectivity index (χ4v) is 3.41. The molecule has 6 nitrogen and oxygen atoms in total. The molecule has 0 bridgehead atoms. The van der Waals surface area contributed by atoms with Gasteiger partial charge in [-0.3, -0.25) is 5.10 Å². The maximum absolute atomic E-state index is 11.2. The van der Waals surface area contributed by atoms with Crippen LogP contribution in [0, 0.1) is 0 Å². The van der Waals surface area contributed by atoms with Gasteiger partial charge in [-0.2, -0.15) is 5.10 Å². The minimum Gasteiger partial charge on any atom is -0.312 e. The molecule has 2 rings (SSSR count). The first-order valence-electron chi connectivity index (χ1n) is 4.94. The quantitative estimate of drug-likeness (QED) is 0.701. The molecule has 0 saturated carbocycles. The van der Waals surface area contributed by atoms with Gasteiger partial charge in [0.15, 0.2) is 9.84 Å². The topological polar surface area (TPSA) is 87.7 Å². The molecule has 2 heterocycles. The van der Waals surface area contributed by atoms with Gasteiger partial charge in [0.05, 0.1) is 11.5 Å². The van der Waals surface area contributed by atoms with Gasteiger partial charge in [0.25, 0.3) is 0 Å². The number of nitrogens with zero attached hydrogens (tertiary/aromatic N) is 2. The molecule has 1 aliphatic rings. The van der Waals surface area contributed by atoms with Crippen LogP contribution in [0.3, 0.4) is 0 Å². The molecular formula is C8H14N4O2S. The van der Waals surface area contributed by atoms with Gasteiger partial charge in [0.1, 0.15) is 12.2 Å². The Balaban J connectivity index is 1.71. The van der Waals surface area contributed by atoms with Crippen LogP contribution in [0.5, 0.6) is 0 Å².